The average Bonchev–Trinajstić information content (AvgIpc) is 3.37. The van der Waals surface area contributed by atoms with E-state index in [0.717, 1.165) is 47.1 Å². The molecule has 0 aliphatic heterocycles. The van der Waals surface area contributed by atoms with Crippen LogP contribution in [0.2, 0.25) is 10.0 Å². The molecule has 0 aliphatic rings. The number of benzene rings is 4. The number of hydrogen-bond donors (Lipinski definition) is 2. The van der Waals surface area contributed by atoms with Crippen molar-refractivity contribution in [3.05, 3.63) is 117 Å². The second-order valence-electron chi connectivity index (χ2n) is 10.6. The smallest absolute Gasteiger partial charge is 0.219 e. The number of primary amides is 1. The molecule has 1 amide bonds. The highest BCUT2D eigenvalue weighted by atomic mass is 35.5. The highest BCUT2D eigenvalue weighted by Crippen LogP contribution is 2.31. The summed E-state index contributed by atoms with van der Waals surface area (Å²) in [7, 11) is 0. The molecule has 0 saturated carbocycles. The topological polar surface area (TPSA) is 76.2 Å². The molecule has 0 radical (unpaired) electrons. The summed E-state index contributed by atoms with van der Waals surface area (Å²) >= 11 is 12.3. The molecular weight excluding hydrogens is 603 g/mol. The fourth-order valence-corrected chi connectivity index (χ4v) is 5.70. The molecule has 1 atom stereocenters. The van der Waals surface area contributed by atoms with E-state index in [4.69, 9.17) is 33.9 Å². The number of hydrogen-bond acceptors (Lipinski definition) is 4. The average molecular weight is 637 g/mol. The Kier molecular flexibility index (Phi) is 9.84. The minimum absolute atomic E-state index is 0.0715. The lowest BCUT2D eigenvalue weighted by molar-refractivity contribution is -0.118. The zero-order chi connectivity index (χ0) is 31.4. The number of aromatic nitrogens is 2. The normalized spacial score (nSPS) is 12.0. The maximum absolute atomic E-state index is 14.2. The van der Waals surface area contributed by atoms with Crippen LogP contribution in [0, 0.1) is 11.6 Å². The second kappa shape index (κ2) is 13.8. The van der Waals surface area contributed by atoms with E-state index < -0.39 is 17.5 Å². The second-order valence-corrected chi connectivity index (χ2v) is 11.4. The first kappa shape index (κ1) is 31.4. The van der Waals surface area contributed by atoms with Crippen LogP contribution in [0.25, 0.3) is 22.4 Å². The Bertz CT molecular complexity index is 1790. The minimum Gasteiger partial charge on any atom is -0.372 e. The molecule has 6 nitrogen and oxygen atoms in total. The number of halogens is 4. The van der Waals surface area contributed by atoms with Gasteiger partial charge in [-0.3, -0.25) is 4.79 Å². The molecule has 5 aromatic rings. The van der Waals surface area contributed by atoms with Gasteiger partial charge < -0.3 is 20.5 Å². The molecule has 44 heavy (non-hydrogen) atoms. The lowest BCUT2D eigenvalue weighted by Crippen LogP contribution is -2.26. The first-order valence-corrected chi connectivity index (χ1v) is 15.2. The molecule has 1 unspecified atom stereocenters. The van der Waals surface area contributed by atoms with E-state index in [-0.39, 0.29) is 19.0 Å². The molecular formula is C34H33Cl2F2N5O. The van der Waals surface area contributed by atoms with Gasteiger partial charge in [-0.25, -0.2) is 13.8 Å². The van der Waals surface area contributed by atoms with Crippen LogP contribution in [-0.2, 0) is 17.9 Å². The Hall–Kier alpha value is -3.98. The maximum Gasteiger partial charge on any atom is 0.219 e. The zero-order valence-electron chi connectivity index (χ0n) is 24.5. The predicted molar refractivity (Wildman–Crippen MR) is 174 cm³/mol. The number of amides is 1. The van der Waals surface area contributed by atoms with Crippen molar-refractivity contribution in [3.8, 4) is 11.4 Å². The third-order valence-electron chi connectivity index (χ3n) is 7.70. The summed E-state index contributed by atoms with van der Waals surface area (Å²) in [4.78, 5) is 19.3. The van der Waals surface area contributed by atoms with E-state index in [2.05, 4.69) is 36.2 Å². The van der Waals surface area contributed by atoms with Crippen molar-refractivity contribution in [3.63, 3.8) is 0 Å². The molecule has 228 valence electrons. The van der Waals surface area contributed by atoms with E-state index in [9.17, 15) is 13.6 Å². The van der Waals surface area contributed by atoms with Crippen LogP contribution in [0.3, 0.4) is 0 Å². The summed E-state index contributed by atoms with van der Waals surface area (Å²) < 4.78 is 29.8. The molecule has 10 heteroatoms. The summed E-state index contributed by atoms with van der Waals surface area (Å²) in [6, 6.07) is 22.8. The number of carbonyl (C=O) groups excluding carboxylic acids is 1. The summed E-state index contributed by atoms with van der Waals surface area (Å²) in [5, 5.41) is 4.32. The standard InChI is InChI=1S/C34H33Cl2F2N5O/c1-3-42(4-2)25-10-7-23(8-11-25)34-41-31-17-24(9-14-32(31)43(34)20-22-6-13-28(37)29(38)16-22)30(18-33(39)44)40-19-21-5-12-26(35)27(36)15-21/h5-17,30,40H,3-4,18-20H2,1-2H3,(H2,39,44). The van der Waals surface area contributed by atoms with Crippen LogP contribution < -0.4 is 16.0 Å². The van der Waals surface area contributed by atoms with E-state index in [0.29, 0.717) is 33.5 Å². The van der Waals surface area contributed by atoms with Crippen LogP contribution in [0.4, 0.5) is 14.5 Å². The van der Waals surface area contributed by atoms with Gasteiger partial charge in [-0.15, -0.1) is 0 Å². The Labute approximate surface area is 265 Å². The van der Waals surface area contributed by atoms with E-state index in [1.54, 1.807) is 18.2 Å². The highest BCUT2D eigenvalue weighted by Gasteiger charge is 2.19. The molecule has 0 bridgehead atoms. The van der Waals surface area contributed by atoms with Gasteiger partial charge >= 0.3 is 0 Å². The fourth-order valence-electron chi connectivity index (χ4n) is 5.37. The Morgan fingerprint density at radius 1 is 0.909 bits per heavy atom. The van der Waals surface area contributed by atoms with Crippen LogP contribution in [0.1, 0.15) is 43.0 Å². The Morgan fingerprint density at radius 3 is 2.30 bits per heavy atom. The molecule has 4 aromatic carbocycles. The van der Waals surface area contributed by atoms with Crippen molar-refractivity contribution in [2.24, 2.45) is 5.73 Å². The highest BCUT2D eigenvalue weighted by molar-refractivity contribution is 6.42. The Balaban J connectivity index is 1.54. The number of fused-ring (bicyclic) bond motifs is 1. The number of anilines is 1. The van der Waals surface area contributed by atoms with Crippen LogP contribution in [-0.4, -0.2) is 28.5 Å². The zero-order valence-corrected chi connectivity index (χ0v) is 26.0. The molecule has 1 aromatic heterocycles. The van der Waals surface area contributed by atoms with Gasteiger partial charge in [0.2, 0.25) is 5.91 Å². The van der Waals surface area contributed by atoms with E-state index in [1.165, 1.54) is 6.07 Å². The molecule has 5 rings (SSSR count). The van der Waals surface area contributed by atoms with E-state index >= 15 is 0 Å². The molecule has 0 saturated heterocycles. The lowest BCUT2D eigenvalue weighted by Gasteiger charge is -2.21. The monoisotopic (exact) mass is 635 g/mol. The fraction of sp³-hybridized carbons (Fsp3) is 0.235. The quantitative estimate of drug-likeness (QED) is 0.146. The summed E-state index contributed by atoms with van der Waals surface area (Å²) in [5.74, 6) is -1.56. The number of nitrogens with two attached hydrogens (primary N) is 1. The predicted octanol–water partition coefficient (Wildman–Crippen LogP) is 7.89. The SMILES string of the molecule is CCN(CC)c1ccc(-c2nc3cc(C(CC(N)=O)NCc4ccc(Cl)c(Cl)c4)ccc3n2Cc2ccc(F)c(F)c2)cc1. The number of rotatable bonds is 12. The van der Waals surface area contributed by atoms with Crippen LogP contribution in [0.5, 0.6) is 0 Å². The van der Waals surface area contributed by atoms with Crippen molar-refractivity contribution in [1.29, 1.82) is 0 Å². The van der Waals surface area contributed by atoms with Crippen LogP contribution >= 0.6 is 23.2 Å². The largest absolute Gasteiger partial charge is 0.372 e. The summed E-state index contributed by atoms with van der Waals surface area (Å²) in [6.45, 7) is 6.71. The number of nitrogens with zero attached hydrogens (tertiary/aromatic N) is 3. The van der Waals surface area contributed by atoms with Crippen molar-refractivity contribution in [2.75, 3.05) is 18.0 Å². The van der Waals surface area contributed by atoms with Crippen molar-refractivity contribution < 1.29 is 13.6 Å². The van der Waals surface area contributed by atoms with Crippen molar-refractivity contribution in [1.82, 2.24) is 14.9 Å². The summed E-state index contributed by atoms with van der Waals surface area (Å²) in [5.41, 5.74) is 11.4. The maximum atomic E-state index is 14.2. The van der Waals surface area contributed by atoms with Gasteiger partial charge in [-0.1, -0.05) is 41.4 Å². The van der Waals surface area contributed by atoms with E-state index in [1.807, 2.05) is 41.0 Å². The summed E-state index contributed by atoms with van der Waals surface area (Å²) in [6.07, 6.45) is 0.0715. The third kappa shape index (κ3) is 7.04. The molecule has 1 heterocycles. The van der Waals surface area contributed by atoms with Gasteiger partial charge in [0.15, 0.2) is 11.6 Å². The van der Waals surface area contributed by atoms with Crippen molar-refractivity contribution >= 4 is 45.8 Å². The lowest BCUT2D eigenvalue weighted by atomic mass is 10.0. The van der Waals surface area contributed by atoms with Gasteiger partial charge in [0.05, 0.1) is 21.1 Å². The van der Waals surface area contributed by atoms with Crippen molar-refractivity contribution in [2.45, 2.75) is 39.4 Å². The molecule has 3 N–H and O–H groups in total. The molecule has 0 spiro atoms. The van der Waals surface area contributed by atoms with Gasteiger partial charge in [-0.2, -0.15) is 0 Å². The molecule has 0 aliphatic carbocycles. The number of nitrogens with one attached hydrogen (secondary N) is 1. The van der Waals surface area contributed by atoms with Gasteiger partial charge in [0.25, 0.3) is 0 Å². The number of imidazole rings is 1. The van der Waals surface area contributed by atoms with Crippen LogP contribution in [0.15, 0.2) is 78.9 Å². The molecule has 0 fully saturated rings. The van der Waals surface area contributed by atoms with Gasteiger partial charge in [0.1, 0.15) is 5.82 Å². The minimum atomic E-state index is -0.901. The Morgan fingerprint density at radius 2 is 1.64 bits per heavy atom. The number of carbonyl (C=O) groups is 1. The first-order valence-electron chi connectivity index (χ1n) is 14.4. The third-order valence-corrected chi connectivity index (χ3v) is 8.43. The first-order chi connectivity index (χ1) is 21.2. The van der Waals surface area contributed by atoms with Gasteiger partial charge in [-0.05, 0) is 91.2 Å². The van der Waals surface area contributed by atoms with Gasteiger partial charge in [0, 0.05) is 49.9 Å².